The Balaban J connectivity index is 2.26. The van der Waals surface area contributed by atoms with Crippen molar-refractivity contribution in [3.63, 3.8) is 0 Å². The zero-order valence-corrected chi connectivity index (χ0v) is 11.1. The van der Waals surface area contributed by atoms with E-state index in [9.17, 15) is 13.5 Å². The van der Waals surface area contributed by atoms with Crippen molar-refractivity contribution in [1.82, 2.24) is 9.71 Å². The number of nitrogens with one attached hydrogen (secondary N) is 1. The summed E-state index contributed by atoms with van der Waals surface area (Å²) in [5, 5.41) is 9.60. The van der Waals surface area contributed by atoms with E-state index in [1.54, 1.807) is 43.6 Å². The van der Waals surface area contributed by atoms with Gasteiger partial charge in [0.25, 0.3) is 0 Å². The summed E-state index contributed by atoms with van der Waals surface area (Å²) in [6.07, 6.45) is 3.21. The minimum atomic E-state index is -3.77. The lowest BCUT2D eigenvalue weighted by molar-refractivity contribution is 0.457. The van der Waals surface area contributed by atoms with Crippen molar-refractivity contribution in [2.45, 2.75) is 17.9 Å². The molecule has 19 heavy (non-hydrogen) atoms. The van der Waals surface area contributed by atoms with Crippen molar-refractivity contribution < 1.29 is 13.5 Å². The Kier molecular flexibility index (Phi) is 3.82. The van der Waals surface area contributed by atoms with E-state index in [0.29, 0.717) is 0 Å². The Bertz CT molecular complexity index is 657. The average molecular weight is 278 g/mol. The van der Waals surface area contributed by atoms with Crippen LogP contribution >= 0.6 is 0 Å². The van der Waals surface area contributed by atoms with Gasteiger partial charge in [-0.3, -0.25) is 4.98 Å². The van der Waals surface area contributed by atoms with Gasteiger partial charge in [-0.1, -0.05) is 18.2 Å². The molecule has 100 valence electrons. The molecular formula is C13H14N2O3S. The number of hydrogen-bond acceptors (Lipinski definition) is 4. The zero-order valence-electron chi connectivity index (χ0n) is 10.3. The molecule has 0 bridgehead atoms. The maximum atomic E-state index is 12.1. The van der Waals surface area contributed by atoms with E-state index >= 15 is 0 Å². The monoisotopic (exact) mass is 278 g/mol. The highest BCUT2D eigenvalue weighted by molar-refractivity contribution is 7.89. The number of phenols is 1. The molecule has 6 heteroatoms. The van der Waals surface area contributed by atoms with Crippen LogP contribution in [0.4, 0.5) is 0 Å². The minimum absolute atomic E-state index is 0.134. The highest BCUT2D eigenvalue weighted by Crippen LogP contribution is 2.23. The van der Waals surface area contributed by atoms with Crippen LogP contribution in [0.15, 0.2) is 53.7 Å². The molecule has 2 aromatic rings. The number of aromatic hydroxyl groups is 1. The maximum Gasteiger partial charge on any atom is 0.244 e. The quantitative estimate of drug-likeness (QED) is 0.894. The summed E-state index contributed by atoms with van der Waals surface area (Å²) in [7, 11) is -3.77. The largest absolute Gasteiger partial charge is 0.507 e. The van der Waals surface area contributed by atoms with Crippen LogP contribution < -0.4 is 4.72 Å². The van der Waals surface area contributed by atoms with Crippen molar-refractivity contribution in [1.29, 1.82) is 0 Å². The van der Waals surface area contributed by atoms with Gasteiger partial charge in [-0.25, -0.2) is 13.1 Å². The number of phenolic OH excluding ortho intramolecular Hbond substituents is 1. The van der Waals surface area contributed by atoms with Gasteiger partial charge in [0.2, 0.25) is 10.0 Å². The van der Waals surface area contributed by atoms with Gasteiger partial charge in [0.15, 0.2) is 0 Å². The molecule has 1 atom stereocenters. The van der Waals surface area contributed by atoms with Gasteiger partial charge in [-0.05, 0) is 30.7 Å². The summed E-state index contributed by atoms with van der Waals surface area (Å²) in [4.78, 5) is 3.81. The molecule has 0 saturated carbocycles. The van der Waals surface area contributed by atoms with Gasteiger partial charge in [0.05, 0.1) is 0 Å². The summed E-state index contributed by atoms with van der Waals surface area (Å²) in [6, 6.07) is 8.91. The Labute approximate surface area is 112 Å². The highest BCUT2D eigenvalue weighted by Gasteiger charge is 2.21. The molecular weight excluding hydrogens is 264 g/mol. The van der Waals surface area contributed by atoms with Crippen LogP contribution in [0, 0.1) is 0 Å². The Morgan fingerprint density at radius 1 is 1.21 bits per heavy atom. The van der Waals surface area contributed by atoms with E-state index in [4.69, 9.17) is 0 Å². The number of para-hydroxylation sites is 1. The second-order valence-electron chi connectivity index (χ2n) is 4.10. The SMILES string of the molecule is CC(NS(=O)(=O)c1ccccc1O)c1cccnc1. The van der Waals surface area contributed by atoms with Crippen molar-refractivity contribution in [3.8, 4) is 5.75 Å². The number of benzene rings is 1. The number of aromatic nitrogens is 1. The molecule has 1 unspecified atom stereocenters. The van der Waals surface area contributed by atoms with Crippen molar-refractivity contribution in [2.24, 2.45) is 0 Å². The molecule has 5 nitrogen and oxygen atoms in total. The number of hydrogen-bond donors (Lipinski definition) is 2. The maximum absolute atomic E-state index is 12.1. The molecule has 0 aliphatic rings. The predicted molar refractivity (Wildman–Crippen MR) is 71.1 cm³/mol. The van der Waals surface area contributed by atoms with Crippen molar-refractivity contribution >= 4 is 10.0 Å². The van der Waals surface area contributed by atoms with E-state index in [-0.39, 0.29) is 10.6 Å². The van der Waals surface area contributed by atoms with E-state index in [0.717, 1.165) is 5.56 Å². The zero-order chi connectivity index (χ0) is 13.9. The Morgan fingerprint density at radius 2 is 1.95 bits per heavy atom. The number of nitrogens with zero attached hydrogens (tertiary/aromatic N) is 1. The topological polar surface area (TPSA) is 79.3 Å². The number of rotatable bonds is 4. The van der Waals surface area contributed by atoms with Gasteiger partial charge >= 0.3 is 0 Å². The van der Waals surface area contributed by atoms with Crippen molar-refractivity contribution in [2.75, 3.05) is 0 Å². The third-order valence-corrected chi connectivity index (χ3v) is 4.26. The van der Waals surface area contributed by atoms with Gasteiger partial charge < -0.3 is 5.11 Å². The lowest BCUT2D eigenvalue weighted by Crippen LogP contribution is -2.27. The first-order valence-electron chi connectivity index (χ1n) is 5.71. The summed E-state index contributed by atoms with van der Waals surface area (Å²) >= 11 is 0. The fourth-order valence-corrected chi connectivity index (χ4v) is 3.01. The normalized spacial score (nSPS) is 13.1. The molecule has 0 aliphatic carbocycles. The number of pyridine rings is 1. The van der Waals surface area contributed by atoms with Crippen LogP contribution in [0.5, 0.6) is 5.75 Å². The molecule has 0 amide bonds. The standard InChI is InChI=1S/C13H14N2O3S/c1-10(11-5-4-8-14-9-11)15-19(17,18)13-7-3-2-6-12(13)16/h2-10,15-16H,1H3. The predicted octanol–water partition coefficient (Wildman–Crippen LogP) is 1.83. The van der Waals surface area contributed by atoms with Gasteiger partial charge in [-0.2, -0.15) is 0 Å². The molecule has 0 fully saturated rings. The van der Waals surface area contributed by atoms with Crippen LogP contribution in [0.3, 0.4) is 0 Å². The molecule has 1 heterocycles. The molecule has 0 radical (unpaired) electrons. The summed E-state index contributed by atoms with van der Waals surface area (Å²) in [6.45, 7) is 1.72. The fraction of sp³-hybridized carbons (Fsp3) is 0.154. The van der Waals surface area contributed by atoms with E-state index in [2.05, 4.69) is 9.71 Å². The molecule has 1 aromatic heterocycles. The lowest BCUT2D eigenvalue weighted by Gasteiger charge is -2.14. The van der Waals surface area contributed by atoms with Crippen LogP contribution in [-0.4, -0.2) is 18.5 Å². The molecule has 0 spiro atoms. The van der Waals surface area contributed by atoms with Crippen LogP contribution in [0.2, 0.25) is 0 Å². The number of sulfonamides is 1. The highest BCUT2D eigenvalue weighted by atomic mass is 32.2. The molecule has 0 saturated heterocycles. The second-order valence-corrected chi connectivity index (χ2v) is 5.78. The van der Waals surface area contributed by atoms with Crippen LogP contribution in [0.25, 0.3) is 0 Å². The Morgan fingerprint density at radius 3 is 2.58 bits per heavy atom. The summed E-state index contributed by atoms with van der Waals surface area (Å²) in [5.41, 5.74) is 0.751. The summed E-state index contributed by atoms with van der Waals surface area (Å²) in [5.74, 6) is -0.270. The molecule has 2 N–H and O–H groups in total. The fourth-order valence-electron chi connectivity index (χ4n) is 1.68. The third kappa shape index (κ3) is 3.10. The van der Waals surface area contributed by atoms with Crippen LogP contribution in [-0.2, 0) is 10.0 Å². The molecule has 0 aliphatic heterocycles. The van der Waals surface area contributed by atoms with Gasteiger partial charge in [-0.15, -0.1) is 0 Å². The molecule has 2 rings (SSSR count). The van der Waals surface area contributed by atoms with Gasteiger partial charge in [0, 0.05) is 18.4 Å². The average Bonchev–Trinajstić information content (AvgIpc) is 2.39. The first-order valence-corrected chi connectivity index (χ1v) is 7.19. The third-order valence-electron chi connectivity index (χ3n) is 2.67. The van der Waals surface area contributed by atoms with E-state index in [1.807, 2.05) is 0 Å². The first-order chi connectivity index (χ1) is 9.00. The van der Waals surface area contributed by atoms with Crippen molar-refractivity contribution in [3.05, 3.63) is 54.4 Å². The van der Waals surface area contributed by atoms with Gasteiger partial charge in [0.1, 0.15) is 10.6 Å². The van der Waals surface area contributed by atoms with Crippen LogP contribution in [0.1, 0.15) is 18.5 Å². The molecule has 1 aromatic carbocycles. The van der Waals surface area contributed by atoms with E-state index in [1.165, 1.54) is 12.1 Å². The first kappa shape index (κ1) is 13.5. The summed E-state index contributed by atoms with van der Waals surface area (Å²) < 4.78 is 26.8. The smallest absolute Gasteiger partial charge is 0.244 e. The lowest BCUT2D eigenvalue weighted by atomic mass is 10.2. The second kappa shape index (κ2) is 5.38. The van der Waals surface area contributed by atoms with E-state index < -0.39 is 16.1 Å². The Hall–Kier alpha value is -1.92. The minimum Gasteiger partial charge on any atom is -0.507 e.